The number of hydrogen-bond acceptors (Lipinski definition) is 3. The van der Waals surface area contributed by atoms with Crippen LogP contribution in [0.15, 0.2) is 0 Å². The van der Waals surface area contributed by atoms with Gasteiger partial charge in [0.25, 0.3) is 0 Å². The number of hydrogen-bond donors (Lipinski definition) is 1. The molecule has 0 aromatic carbocycles. The molecule has 0 saturated carbocycles. The van der Waals surface area contributed by atoms with Crippen LogP contribution in [0.1, 0.15) is 38.5 Å². The van der Waals surface area contributed by atoms with E-state index in [9.17, 15) is 0 Å². The summed E-state index contributed by atoms with van der Waals surface area (Å²) in [7, 11) is 2.04. The summed E-state index contributed by atoms with van der Waals surface area (Å²) in [5, 5.41) is 3.22. The highest BCUT2D eigenvalue weighted by Crippen LogP contribution is 2.20. The fourth-order valence-electron chi connectivity index (χ4n) is 3.23. The lowest BCUT2D eigenvalue weighted by molar-refractivity contribution is 0.231. The van der Waals surface area contributed by atoms with E-state index in [1.807, 2.05) is 7.05 Å². The molecular weight excluding hydrogens is 210 g/mol. The molecule has 1 atom stereocenters. The van der Waals surface area contributed by atoms with Gasteiger partial charge in [-0.3, -0.25) is 4.90 Å². The number of unbranched alkanes of at least 4 members (excludes halogenated alkanes) is 2. The lowest BCUT2D eigenvalue weighted by Gasteiger charge is -2.23. The molecule has 0 bridgehead atoms. The van der Waals surface area contributed by atoms with Gasteiger partial charge in [-0.05, 0) is 71.9 Å². The van der Waals surface area contributed by atoms with E-state index in [4.69, 9.17) is 0 Å². The van der Waals surface area contributed by atoms with E-state index in [1.165, 1.54) is 77.8 Å². The maximum atomic E-state index is 3.22. The van der Waals surface area contributed by atoms with Crippen LogP contribution < -0.4 is 5.32 Å². The Balaban J connectivity index is 1.54. The molecule has 2 saturated heterocycles. The van der Waals surface area contributed by atoms with Crippen LogP contribution in [0.3, 0.4) is 0 Å². The first-order chi connectivity index (χ1) is 8.40. The van der Waals surface area contributed by atoms with E-state index < -0.39 is 0 Å². The standard InChI is InChI=1S/C14H29N3/c1-15-8-3-2-4-9-16-12-7-14(13-16)17-10-5-6-11-17/h14-15H,2-13H2,1H3. The number of nitrogens with zero attached hydrogens (tertiary/aromatic N) is 2. The van der Waals surface area contributed by atoms with Crippen molar-refractivity contribution < 1.29 is 0 Å². The summed E-state index contributed by atoms with van der Waals surface area (Å²) in [6, 6.07) is 0.884. The van der Waals surface area contributed by atoms with Gasteiger partial charge < -0.3 is 10.2 Å². The van der Waals surface area contributed by atoms with Crippen LogP contribution in [0.2, 0.25) is 0 Å². The second-order valence-corrected chi connectivity index (χ2v) is 5.65. The first kappa shape index (κ1) is 13.3. The summed E-state index contributed by atoms with van der Waals surface area (Å²) in [5.74, 6) is 0. The molecule has 100 valence electrons. The van der Waals surface area contributed by atoms with Crippen LogP contribution in [-0.2, 0) is 0 Å². The fourth-order valence-corrected chi connectivity index (χ4v) is 3.23. The third-order valence-electron chi connectivity index (χ3n) is 4.31. The predicted molar refractivity (Wildman–Crippen MR) is 73.4 cm³/mol. The molecule has 2 heterocycles. The average Bonchev–Trinajstić information content (AvgIpc) is 2.99. The summed E-state index contributed by atoms with van der Waals surface area (Å²) >= 11 is 0. The summed E-state index contributed by atoms with van der Waals surface area (Å²) < 4.78 is 0. The van der Waals surface area contributed by atoms with Crippen molar-refractivity contribution in [2.24, 2.45) is 0 Å². The Morgan fingerprint density at radius 3 is 2.65 bits per heavy atom. The van der Waals surface area contributed by atoms with E-state index in [1.54, 1.807) is 0 Å². The highest BCUT2D eigenvalue weighted by atomic mass is 15.3. The second kappa shape index (κ2) is 7.34. The van der Waals surface area contributed by atoms with Crippen LogP contribution >= 0.6 is 0 Å². The summed E-state index contributed by atoms with van der Waals surface area (Å²) in [6.45, 7) is 7.91. The first-order valence-electron chi connectivity index (χ1n) is 7.51. The first-order valence-corrected chi connectivity index (χ1v) is 7.51. The van der Waals surface area contributed by atoms with Crippen molar-refractivity contribution in [3.05, 3.63) is 0 Å². The normalized spacial score (nSPS) is 27.0. The van der Waals surface area contributed by atoms with E-state index in [2.05, 4.69) is 15.1 Å². The molecular formula is C14H29N3. The maximum absolute atomic E-state index is 3.22. The highest BCUT2D eigenvalue weighted by molar-refractivity contribution is 4.85. The highest BCUT2D eigenvalue weighted by Gasteiger charge is 2.28. The monoisotopic (exact) mass is 239 g/mol. The lowest BCUT2D eigenvalue weighted by atomic mass is 10.2. The second-order valence-electron chi connectivity index (χ2n) is 5.65. The minimum atomic E-state index is 0.884. The molecule has 2 aliphatic rings. The van der Waals surface area contributed by atoms with E-state index in [0.29, 0.717) is 0 Å². The smallest absolute Gasteiger partial charge is 0.0235 e. The van der Waals surface area contributed by atoms with Crippen molar-refractivity contribution in [3.8, 4) is 0 Å². The van der Waals surface area contributed by atoms with Gasteiger partial charge in [0.15, 0.2) is 0 Å². The van der Waals surface area contributed by atoms with Crippen LogP contribution in [0.4, 0.5) is 0 Å². The van der Waals surface area contributed by atoms with Gasteiger partial charge in [-0.2, -0.15) is 0 Å². The number of nitrogens with one attached hydrogen (secondary N) is 1. The summed E-state index contributed by atoms with van der Waals surface area (Å²) in [5.41, 5.74) is 0. The molecule has 3 heteroatoms. The van der Waals surface area contributed by atoms with Gasteiger partial charge in [0.2, 0.25) is 0 Å². The maximum Gasteiger partial charge on any atom is 0.0235 e. The molecule has 2 aliphatic heterocycles. The van der Waals surface area contributed by atoms with Crippen molar-refractivity contribution in [1.29, 1.82) is 0 Å². The zero-order valence-electron chi connectivity index (χ0n) is 11.5. The molecule has 0 aromatic heterocycles. The zero-order valence-corrected chi connectivity index (χ0v) is 11.5. The Kier molecular flexibility index (Phi) is 5.75. The molecule has 3 nitrogen and oxygen atoms in total. The molecule has 0 spiro atoms. The molecule has 0 aromatic rings. The molecule has 17 heavy (non-hydrogen) atoms. The molecule has 2 rings (SSSR count). The zero-order chi connectivity index (χ0) is 11.9. The van der Waals surface area contributed by atoms with Gasteiger partial charge >= 0.3 is 0 Å². The van der Waals surface area contributed by atoms with Crippen molar-refractivity contribution >= 4 is 0 Å². The Morgan fingerprint density at radius 2 is 1.88 bits per heavy atom. The molecule has 0 aliphatic carbocycles. The summed E-state index contributed by atoms with van der Waals surface area (Å²) in [6.07, 6.45) is 8.37. The van der Waals surface area contributed by atoms with Gasteiger partial charge in [0, 0.05) is 12.6 Å². The minimum Gasteiger partial charge on any atom is -0.320 e. The Morgan fingerprint density at radius 1 is 1.06 bits per heavy atom. The predicted octanol–water partition coefficient (Wildman–Crippen LogP) is 1.55. The van der Waals surface area contributed by atoms with Crippen LogP contribution in [0, 0.1) is 0 Å². The van der Waals surface area contributed by atoms with E-state index in [0.717, 1.165) is 6.04 Å². The van der Waals surface area contributed by atoms with Crippen LogP contribution in [-0.4, -0.2) is 62.2 Å². The number of likely N-dealkylation sites (tertiary alicyclic amines) is 2. The molecule has 0 radical (unpaired) electrons. The fraction of sp³-hybridized carbons (Fsp3) is 1.00. The van der Waals surface area contributed by atoms with Gasteiger partial charge in [-0.1, -0.05) is 6.42 Å². The molecule has 0 amide bonds. The molecule has 1 unspecified atom stereocenters. The Labute approximate surface area is 107 Å². The minimum absolute atomic E-state index is 0.884. The molecule has 2 fully saturated rings. The Hall–Kier alpha value is -0.120. The third-order valence-corrected chi connectivity index (χ3v) is 4.31. The van der Waals surface area contributed by atoms with Crippen molar-refractivity contribution in [1.82, 2.24) is 15.1 Å². The lowest BCUT2D eigenvalue weighted by Crippen LogP contribution is -2.35. The largest absolute Gasteiger partial charge is 0.320 e. The van der Waals surface area contributed by atoms with E-state index >= 15 is 0 Å². The van der Waals surface area contributed by atoms with Crippen molar-refractivity contribution in [3.63, 3.8) is 0 Å². The molecule has 1 N–H and O–H groups in total. The number of rotatable bonds is 7. The van der Waals surface area contributed by atoms with Crippen molar-refractivity contribution in [2.75, 3.05) is 46.3 Å². The Bertz CT molecular complexity index is 202. The van der Waals surface area contributed by atoms with Gasteiger partial charge in [-0.15, -0.1) is 0 Å². The third kappa shape index (κ3) is 4.23. The topological polar surface area (TPSA) is 18.5 Å². The SMILES string of the molecule is CNCCCCCN1CCC(N2CCCC2)C1. The van der Waals surface area contributed by atoms with E-state index in [-0.39, 0.29) is 0 Å². The van der Waals surface area contributed by atoms with Crippen LogP contribution in [0.25, 0.3) is 0 Å². The van der Waals surface area contributed by atoms with Gasteiger partial charge in [-0.25, -0.2) is 0 Å². The van der Waals surface area contributed by atoms with Crippen molar-refractivity contribution in [2.45, 2.75) is 44.6 Å². The van der Waals surface area contributed by atoms with Gasteiger partial charge in [0.1, 0.15) is 0 Å². The van der Waals surface area contributed by atoms with Gasteiger partial charge in [0.05, 0.1) is 0 Å². The average molecular weight is 239 g/mol. The van der Waals surface area contributed by atoms with Crippen LogP contribution in [0.5, 0.6) is 0 Å². The summed E-state index contributed by atoms with van der Waals surface area (Å²) in [4.78, 5) is 5.41. The quantitative estimate of drug-likeness (QED) is 0.680.